The van der Waals surface area contributed by atoms with E-state index in [9.17, 15) is 10.1 Å². The molecule has 4 nitrogen and oxygen atoms in total. The molecular weight excluding hydrogens is 252 g/mol. The number of nitrogens with zero attached hydrogens (tertiary/aromatic N) is 2. The van der Waals surface area contributed by atoms with E-state index in [0.29, 0.717) is 0 Å². The van der Waals surface area contributed by atoms with Crippen molar-refractivity contribution in [1.29, 1.82) is 0 Å². The molecule has 20 heavy (non-hydrogen) atoms. The lowest BCUT2D eigenvalue weighted by molar-refractivity contribution is -0.385. The molecule has 0 aliphatic heterocycles. The standard InChI is InChI=1S/C16H14N2O2/c1-10-3-6-15-11(2)16-13(5-4-12(15)7-10)8-14(9-17-16)18(19)20/h3,6-9H,2,4-5H2,1H3. The van der Waals surface area contributed by atoms with Gasteiger partial charge in [-0.3, -0.25) is 10.1 Å². The molecule has 0 atom stereocenters. The highest BCUT2D eigenvalue weighted by molar-refractivity contribution is 5.81. The van der Waals surface area contributed by atoms with Crippen molar-refractivity contribution in [2.24, 2.45) is 0 Å². The fourth-order valence-electron chi connectivity index (χ4n) is 2.68. The van der Waals surface area contributed by atoms with Gasteiger partial charge in [0.2, 0.25) is 0 Å². The molecule has 0 saturated heterocycles. The highest BCUT2D eigenvalue weighted by atomic mass is 16.6. The SMILES string of the molecule is C=C1c2ccc(C)cc2CCc2cc([N+](=O)[O-])cnc21. The summed E-state index contributed by atoms with van der Waals surface area (Å²) in [5.74, 6) is 0. The zero-order chi connectivity index (χ0) is 14.3. The Labute approximate surface area is 116 Å². The second kappa shape index (κ2) is 4.56. The van der Waals surface area contributed by atoms with Gasteiger partial charge in [-0.25, -0.2) is 4.98 Å². The Morgan fingerprint density at radius 3 is 2.75 bits per heavy atom. The zero-order valence-electron chi connectivity index (χ0n) is 11.2. The van der Waals surface area contributed by atoms with E-state index in [2.05, 4.69) is 36.7 Å². The number of benzene rings is 1. The largest absolute Gasteiger partial charge is 0.287 e. The summed E-state index contributed by atoms with van der Waals surface area (Å²) in [7, 11) is 0. The van der Waals surface area contributed by atoms with Crippen LogP contribution < -0.4 is 0 Å². The van der Waals surface area contributed by atoms with Gasteiger partial charge in [-0.1, -0.05) is 30.3 Å². The number of pyridine rings is 1. The van der Waals surface area contributed by atoms with Crippen LogP contribution in [0.4, 0.5) is 5.69 Å². The van der Waals surface area contributed by atoms with Gasteiger partial charge in [0.1, 0.15) is 6.20 Å². The summed E-state index contributed by atoms with van der Waals surface area (Å²) in [4.78, 5) is 14.7. The third kappa shape index (κ3) is 1.99. The number of hydrogen-bond donors (Lipinski definition) is 0. The second-order valence-corrected chi connectivity index (χ2v) is 5.10. The first-order valence-corrected chi connectivity index (χ1v) is 6.49. The lowest BCUT2D eigenvalue weighted by Gasteiger charge is -2.09. The third-order valence-electron chi connectivity index (χ3n) is 3.70. The van der Waals surface area contributed by atoms with Gasteiger partial charge in [0.25, 0.3) is 5.69 Å². The lowest BCUT2D eigenvalue weighted by atomic mass is 9.97. The molecule has 0 spiro atoms. The number of rotatable bonds is 1. The molecule has 0 bridgehead atoms. The Kier molecular flexibility index (Phi) is 2.86. The van der Waals surface area contributed by atoms with Crippen molar-refractivity contribution in [1.82, 2.24) is 4.98 Å². The first kappa shape index (κ1) is 12.5. The molecule has 0 N–H and O–H groups in total. The van der Waals surface area contributed by atoms with E-state index in [1.807, 2.05) is 0 Å². The molecule has 0 radical (unpaired) electrons. The maximum Gasteiger partial charge on any atom is 0.287 e. The van der Waals surface area contributed by atoms with Gasteiger partial charge in [0.15, 0.2) is 0 Å². The average Bonchev–Trinajstić information content (AvgIpc) is 2.56. The molecule has 4 heteroatoms. The van der Waals surface area contributed by atoms with Gasteiger partial charge in [-0.2, -0.15) is 0 Å². The average molecular weight is 266 g/mol. The van der Waals surface area contributed by atoms with Gasteiger partial charge < -0.3 is 0 Å². The molecule has 1 aliphatic rings. The summed E-state index contributed by atoms with van der Waals surface area (Å²) in [6.07, 6.45) is 2.91. The summed E-state index contributed by atoms with van der Waals surface area (Å²) in [6, 6.07) is 7.89. The first-order chi connectivity index (χ1) is 9.56. The summed E-state index contributed by atoms with van der Waals surface area (Å²) >= 11 is 0. The topological polar surface area (TPSA) is 56.0 Å². The molecule has 1 aromatic carbocycles. The van der Waals surface area contributed by atoms with Crippen LogP contribution in [0.25, 0.3) is 5.57 Å². The summed E-state index contributed by atoms with van der Waals surface area (Å²) in [5, 5.41) is 10.9. The molecule has 1 heterocycles. The molecule has 1 aromatic heterocycles. The highest BCUT2D eigenvalue weighted by Crippen LogP contribution is 2.32. The monoisotopic (exact) mass is 266 g/mol. The molecule has 2 aromatic rings. The minimum absolute atomic E-state index is 0.0405. The number of hydrogen-bond acceptors (Lipinski definition) is 3. The lowest BCUT2D eigenvalue weighted by Crippen LogP contribution is -1.98. The van der Waals surface area contributed by atoms with E-state index in [1.54, 1.807) is 6.07 Å². The number of nitro groups is 1. The Morgan fingerprint density at radius 2 is 2.00 bits per heavy atom. The third-order valence-corrected chi connectivity index (χ3v) is 3.70. The van der Waals surface area contributed by atoms with Gasteiger partial charge in [-0.05, 0) is 36.5 Å². The minimum atomic E-state index is -0.405. The quantitative estimate of drug-likeness (QED) is 0.586. The number of aromatic nitrogens is 1. The van der Waals surface area contributed by atoms with Gasteiger partial charge in [0.05, 0.1) is 10.6 Å². The molecule has 0 amide bonds. The molecule has 100 valence electrons. The van der Waals surface area contributed by atoms with E-state index in [4.69, 9.17) is 0 Å². The Hall–Kier alpha value is -2.49. The fourth-order valence-corrected chi connectivity index (χ4v) is 2.68. The highest BCUT2D eigenvalue weighted by Gasteiger charge is 2.20. The van der Waals surface area contributed by atoms with Crippen LogP contribution in [-0.4, -0.2) is 9.91 Å². The number of fused-ring (bicyclic) bond motifs is 2. The van der Waals surface area contributed by atoms with Crippen molar-refractivity contribution in [3.05, 3.63) is 75.1 Å². The van der Waals surface area contributed by atoms with Crippen LogP contribution in [0.2, 0.25) is 0 Å². The van der Waals surface area contributed by atoms with E-state index < -0.39 is 4.92 Å². The second-order valence-electron chi connectivity index (χ2n) is 5.10. The van der Waals surface area contributed by atoms with Crippen LogP contribution >= 0.6 is 0 Å². The van der Waals surface area contributed by atoms with Gasteiger partial charge in [0, 0.05) is 11.6 Å². The van der Waals surface area contributed by atoms with E-state index in [-0.39, 0.29) is 5.69 Å². The van der Waals surface area contributed by atoms with Gasteiger partial charge >= 0.3 is 0 Å². The van der Waals surface area contributed by atoms with Crippen LogP contribution in [0.15, 0.2) is 37.0 Å². The van der Waals surface area contributed by atoms with Crippen LogP contribution in [-0.2, 0) is 12.8 Å². The van der Waals surface area contributed by atoms with Crippen molar-refractivity contribution >= 4 is 11.3 Å². The summed E-state index contributed by atoms with van der Waals surface area (Å²) < 4.78 is 0. The van der Waals surface area contributed by atoms with Crippen molar-refractivity contribution in [2.45, 2.75) is 19.8 Å². The van der Waals surface area contributed by atoms with Gasteiger partial charge in [-0.15, -0.1) is 0 Å². The van der Waals surface area contributed by atoms with Crippen LogP contribution in [0.3, 0.4) is 0 Å². The molecule has 3 rings (SSSR count). The fraction of sp³-hybridized carbons (Fsp3) is 0.188. The normalized spacial score (nSPS) is 13.3. The van der Waals surface area contributed by atoms with Crippen molar-refractivity contribution in [3.8, 4) is 0 Å². The van der Waals surface area contributed by atoms with Crippen molar-refractivity contribution < 1.29 is 4.92 Å². The van der Waals surface area contributed by atoms with E-state index in [1.165, 1.54) is 17.3 Å². The zero-order valence-corrected chi connectivity index (χ0v) is 11.2. The smallest absolute Gasteiger partial charge is 0.258 e. The predicted octanol–water partition coefficient (Wildman–Crippen LogP) is 3.46. The molecule has 0 saturated carbocycles. The first-order valence-electron chi connectivity index (χ1n) is 6.49. The van der Waals surface area contributed by atoms with Crippen LogP contribution in [0.1, 0.15) is 27.9 Å². The minimum Gasteiger partial charge on any atom is -0.258 e. The van der Waals surface area contributed by atoms with Crippen LogP contribution in [0, 0.1) is 17.0 Å². The molecular formula is C16H14N2O2. The Morgan fingerprint density at radius 1 is 1.25 bits per heavy atom. The molecule has 0 unspecified atom stereocenters. The summed E-state index contributed by atoms with van der Waals surface area (Å²) in [6.45, 7) is 6.19. The Bertz CT molecular complexity index is 735. The van der Waals surface area contributed by atoms with E-state index >= 15 is 0 Å². The van der Waals surface area contributed by atoms with Crippen molar-refractivity contribution in [2.75, 3.05) is 0 Å². The molecule has 1 aliphatic carbocycles. The maximum absolute atomic E-state index is 10.9. The van der Waals surface area contributed by atoms with Crippen LogP contribution in [0.5, 0.6) is 0 Å². The van der Waals surface area contributed by atoms with E-state index in [0.717, 1.165) is 35.2 Å². The number of aryl methyl sites for hydroxylation is 3. The predicted molar refractivity (Wildman–Crippen MR) is 77.6 cm³/mol. The Balaban J connectivity index is 2.14. The summed E-state index contributed by atoms with van der Waals surface area (Å²) in [5.41, 5.74) is 6.10. The molecule has 0 fully saturated rings. The maximum atomic E-state index is 10.9. The van der Waals surface area contributed by atoms with Crippen molar-refractivity contribution in [3.63, 3.8) is 0 Å².